The second kappa shape index (κ2) is 17.8. The van der Waals surface area contributed by atoms with Gasteiger partial charge in [-0.05, 0) is 53.6 Å². The highest BCUT2D eigenvalue weighted by atomic mass is 16.6. The Hall–Kier alpha value is -4.00. The van der Waals surface area contributed by atoms with Gasteiger partial charge in [0.05, 0.1) is 50.7 Å². The standard InChI is InChI=1S/C39H49N3O8/c43-35(34(23-27-6-2-1-3-7-27)40-39(46)50-32-14-18-48-26-32)25-30(38(45)41-37-33-9-5-4-8-29(33)24-36(37)44)22-28-10-12-31(13-11-28)49-21-17-42-15-19-47-20-16-42/h1-13,30,32,34-37,43-44H,14-26H2,(H,40,46)(H,41,45)/t30-,32-,34+,35+,36-,37+/m1/s1. The molecule has 1 aliphatic carbocycles. The van der Waals surface area contributed by atoms with Crippen LogP contribution in [0.4, 0.5) is 4.79 Å². The molecule has 2 heterocycles. The van der Waals surface area contributed by atoms with E-state index >= 15 is 0 Å². The van der Waals surface area contributed by atoms with E-state index in [1.54, 1.807) is 0 Å². The molecule has 0 bridgehead atoms. The fourth-order valence-electron chi connectivity index (χ4n) is 6.98. The lowest BCUT2D eigenvalue weighted by atomic mass is 9.88. The summed E-state index contributed by atoms with van der Waals surface area (Å²) >= 11 is 0. The molecule has 2 fully saturated rings. The predicted molar refractivity (Wildman–Crippen MR) is 187 cm³/mol. The summed E-state index contributed by atoms with van der Waals surface area (Å²) in [6.45, 7) is 5.55. The molecule has 0 spiro atoms. The van der Waals surface area contributed by atoms with Crippen molar-refractivity contribution in [3.05, 3.63) is 101 Å². The SMILES string of the molecule is O=C(N[C@@H](Cc1ccccc1)[C@@H](O)C[C@@H](Cc1ccc(OCCN2CCOCC2)cc1)C(=O)N[C@H]1c2ccccc2C[C@H]1O)O[C@@H]1CCOC1. The number of amides is 2. The molecule has 0 saturated carbocycles. The second-order valence-electron chi connectivity index (χ2n) is 13.4. The van der Waals surface area contributed by atoms with Crippen LogP contribution >= 0.6 is 0 Å². The molecule has 50 heavy (non-hydrogen) atoms. The highest BCUT2D eigenvalue weighted by Crippen LogP contribution is 2.32. The Morgan fingerprint density at radius 2 is 1.64 bits per heavy atom. The van der Waals surface area contributed by atoms with Crippen molar-refractivity contribution in [3.63, 3.8) is 0 Å². The summed E-state index contributed by atoms with van der Waals surface area (Å²) < 4.78 is 22.3. The Kier molecular flexibility index (Phi) is 12.7. The smallest absolute Gasteiger partial charge is 0.407 e. The van der Waals surface area contributed by atoms with Crippen LogP contribution in [0.1, 0.15) is 41.1 Å². The number of morpholine rings is 1. The lowest BCUT2D eigenvalue weighted by Gasteiger charge is -2.29. The molecule has 3 aromatic carbocycles. The van der Waals surface area contributed by atoms with E-state index in [1.165, 1.54) is 0 Å². The number of hydrogen-bond acceptors (Lipinski definition) is 9. The number of carbonyl (C=O) groups excluding carboxylic acids is 2. The molecule has 0 aromatic heterocycles. The van der Waals surface area contributed by atoms with E-state index in [0.717, 1.165) is 60.9 Å². The molecule has 11 heteroatoms. The first-order chi connectivity index (χ1) is 24.4. The fraction of sp³-hybridized carbons (Fsp3) is 0.487. The first kappa shape index (κ1) is 35.8. The maximum absolute atomic E-state index is 14.1. The summed E-state index contributed by atoms with van der Waals surface area (Å²) in [6.07, 6.45) is -0.973. The summed E-state index contributed by atoms with van der Waals surface area (Å²) in [6, 6.07) is 23.7. The quantitative estimate of drug-likeness (QED) is 0.190. The number of fused-ring (bicyclic) bond motifs is 1. The third kappa shape index (κ3) is 10.0. The molecule has 0 radical (unpaired) electrons. The second-order valence-corrected chi connectivity index (χ2v) is 13.4. The van der Waals surface area contributed by atoms with E-state index in [0.29, 0.717) is 45.5 Å². The summed E-state index contributed by atoms with van der Waals surface area (Å²) in [4.78, 5) is 29.4. The number of alkyl carbamates (subject to hydrolysis) is 1. The van der Waals surface area contributed by atoms with E-state index < -0.39 is 36.3 Å². The third-order valence-corrected chi connectivity index (χ3v) is 9.81. The van der Waals surface area contributed by atoms with Gasteiger partial charge in [-0.3, -0.25) is 9.69 Å². The van der Waals surface area contributed by atoms with Gasteiger partial charge in [-0.15, -0.1) is 0 Å². The van der Waals surface area contributed by atoms with Crippen molar-refractivity contribution in [1.29, 1.82) is 0 Å². The summed E-state index contributed by atoms with van der Waals surface area (Å²) in [5.74, 6) is -0.204. The van der Waals surface area contributed by atoms with Crippen LogP contribution in [-0.4, -0.2) is 104 Å². The zero-order valence-electron chi connectivity index (χ0n) is 28.5. The van der Waals surface area contributed by atoms with Crippen molar-refractivity contribution in [2.45, 2.75) is 62.5 Å². The zero-order chi connectivity index (χ0) is 34.7. The van der Waals surface area contributed by atoms with Gasteiger partial charge in [-0.25, -0.2) is 4.79 Å². The maximum atomic E-state index is 14.1. The Morgan fingerprint density at radius 3 is 2.40 bits per heavy atom. The molecule has 2 saturated heterocycles. The third-order valence-electron chi connectivity index (χ3n) is 9.81. The van der Waals surface area contributed by atoms with Crippen LogP contribution in [0.15, 0.2) is 78.9 Å². The number of carbonyl (C=O) groups is 2. The monoisotopic (exact) mass is 687 g/mol. The molecule has 0 unspecified atom stereocenters. The van der Waals surface area contributed by atoms with Gasteiger partial charge >= 0.3 is 6.09 Å². The van der Waals surface area contributed by atoms with Crippen LogP contribution in [0.25, 0.3) is 0 Å². The minimum Gasteiger partial charge on any atom is -0.492 e. The largest absolute Gasteiger partial charge is 0.492 e. The first-order valence-electron chi connectivity index (χ1n) is 17.8. The Labute approximate surface area is 293 Å². The minimum atomic E-state index is -1.08. The van der Waals surface area contributed by atoms with Gasteiger partial charge in [0.15, 0.2) is 0 Å². The Balaban J connectivity index is 1.16. The molecule has 11 nitrogen and oxygen atoms in total. The van der Waals surface area contributed by atoms with E-state index in [4.69, 9.17) is 18.9 Å². The van der Waals surface area contributed by atoms with Crippen molar-refractivity contribution in [2.24, 2.45) is 5.92 Å². The van der Waals surface area contributed by atoms with Crippen LogP contribution in [0.3, 0.4) is 0 Å². The van der Waals surface area contributed by atoms with Gasteiger partial charge in [-0.2, -0.15) is 0 Å². The summed E-state index contributed by atoms with van der Waals surface area (Å²) in [5, 5.41) is 28.6. The number of aliphatic hydroxyl groups excluding tert-OH is 2. The van der Waals surface area contributed by atoms with Gasteiger partial charge in [0.1, 0.15) is 18.5 Å². The molecule has 2 aliphatic heterocycles. The Bertz CT molecular complexity index is 1510. The first-order valence-corrected chi connectivity index (χ1v) is 17.8. The molecule has 3 aromatic rings. The Morgan fingerprint density at radius 1 is 0.900 bits per heavy atom. The molecule has 6 rings (SSSR count). The van der Waals surface area contributed by atoms with Crippen LogP contribution in [0.2, 0.25) is 0 Å². The molecular formula is C39H49N3O8. The lowest BCUT2D eigenvalue weighted by molar-refractivity contribution is -0.127. The number of aliphatic hydroxyl groups is 2. The normalized spacial score (nSPS) is 22.2. The number of rotatable bonds is 15. The van der Waals surface area contributed by atoms with E-state index in [1.807, 2.05) is 78.9 Å². The van der Waals surface area contributed by atoms with Crippen LogP contribution in [-0.2, 0) is 38.3 Å². The van der Waals surface area contributed by atoms with Gasteiger partial charge in [-0.1, -0.05) is 66.7 Å². The number of nitrogens with zero attached hydrogens (tertiary/aromatic N) is 1. The molecular weight excluding hydrogens is 638 g/mol. The number of nitrogens with one attached hydrogen (secondary N) is 2. The highest BCUT2D eigenvalue weighted by Gasteiger charge is 2.35. The van der Waals surface area contributed by atoms with Gasteiger partial charge in [0, 0.05) is 38.4 Å². The van der Waals surface area contributed by atoms with Crippen LogP contribution < -0.4 is 15.4 Å². The molecule has 268 valence electrons. The zero-order valence-corrected chi connectivity index (χ0v) is 28.5. The van der Waals surface area contributed by atoms with Crippen molar-refractivity contribution in [2.75, 3.05) is 52.7 Å². The topological polar surface area (TPSA) is 139 Å². The van der Waals surface area contributed by atoms with Gasteiger partial charge in [0.25, 0.3) is 0 Å². The van der Waals surface area contributed by atoms with Crippen molar-refractivity contribution in [1.82, 2.24) is 15.5 Å². The van der Waals surface area contributed by atoms with E-state index in [9.17, 15) is 19.8 Å². The molecule has 2 amide bonds. The fourth-order valence-corrected chi connectivity index (χ4v) is 6.98. The molecule has 6 atom stereocenters. The highest BCUT2D eigenvalue weighted by molar-refractivity contribution is 5.80. The maximum Gasteiger partial charge on any atom is 0.407 e. The average molecular weight is 688 g/mol. The summed E-state index contributed by atoms with van der Waals surface area (Å²) in [7, 11) is 0. The lowest BCUT2D eigenvalue weighted by Crippen LogP contribution is -2.48. The van der Waals surface area contributed by atoms with Crippen LogP contribution in [0.5, 0.6) is 5.75 Å². The number of hydrogen-bond donors (Lipinski definition) is 4. The van der Waals surface area contributed by atoms with Gasteiger partial charge < -0.3 is 39.8 Å². The van der Waals surface area contributed by atoms with Gasteiger partial charge in [0.2, 0.25) is 5.91 Å². The van der Waals surface area contributed by atoms with Crippen molar-refractivity contribution in [3.8, 4) is 5.75 Å². The molecule has 4 N–H and O–H groups in total. The number of benzene rings is 3. The van der Waals surface area contributed by atoms with E-state index in [2.05, 4.69) is 15.5 Å². The number of ether oxygens (including phenoxy) is 4. The predicted octanol–water partition coefficient (Wildman–Crippen LogP) is 3.21. The van der Waals surface area contributed by atoms with Crippen molar-refractivity contribution >= 4 is 12.0 Å². The van der Waals surface area contributed by atoms with Crippen molar-refractivity contribution < 1.29 is 38.7 Å². The molecule has 3 aliphatic rings. The van der Waals surface area contributed by atoms with Crippen LogP contribution in [0, 0.1) is 5.92 Å². The average Bonchev–Trinajstić information content (AvgIpc) is 3.76. The minimum absolute atomic E-state index is 0.0679. The summed E-state index contributed by atoms with van der Waals surface area (Å²) in [5.41, 5.74) is 3.73. The van der Waals surface area contributed by atoms with E-state index in [-0.39, 0.29) is 18.4 Å².